The zero-order chi connectivity index (χ0) is 52.4. The van der Waals surface area contributed by atoms with Crippen LogP contribution in [0.2, 0.25) is 0 Å². The van der Waals surface area contributed by atoms with Crippen molar-refractivity contribution in [1.29, 1.82) is 0 Å². The third kappa shape index (κ3) is 14.8. The molecule has 0 bridgehead atoms. The predicted octanol–water partition coefficient (Wildman–Crippen LogP) is 10.0. The Bertz CT molecular complexity index is 1800. The molecule has 0 radical (unpaired) electrons. The fourth-order valence-corrected chi connectivity index (χ4v) is 13.2. The molecular formula is C53H93I3N5O6S2-. The number of amides is 5. The molecule has 11 nitrogen and oxygen atoms in total. The van der Waals surface area contributed by atoms with E-state index in [0.717, 1.165) is 43.6 Å². The van der Waals surface area contributed by atoms with Crippen molar-refractivity contribution in [2.45, 2.75) is 213 Å². The Morgan fingerprint density at radius 2 is 0.986 bits per heavy atom. The Kier molecular flexibility index (Phi) is 29.0. The van der Waals surface area contributed by atoms with E-state index in [9.17, 15) is 29.1 Å². The van der Waals surface area contributed by atoms with Gasteiger partial charge in [0, 0.05) is 51.6 Å². The first kappa shape index (κ1) is 66.4. The summed E-state index contributed by atoms with van der Waals surface area (Å²) < 4.78 is 0. The summed E-state index contributed by atoms with van der Waals surface area (Å²) >= 11 is 8.87. The Morgan fingerprint density at radius 1 is 0.609 bits per heavy atom. The average molecular weight is 1340 g/mol. The van der Waals surface area contributed by atoms with E-state index in [1.54, 1.807) is 11.8 Å². The molecule has 0 unspecified atom stereocenters. The second-order valence-electron chi connectivity index (χ2n) is 20.1. The quantitative estimate of drug-likeness (QED) is 0.146. The first-order chi connectivity index (χ1) is 31.8. The molecular weight excluding hydrogens is 1250 g/mol. The van der Waals surface area contributed by atoms with Gasteiger partial charge in [0.2, 0.25) is 29.5 Å². The van der Waals surface area contributed by atoms with Crippen molar-refractivity contribution >= 4 is 90.3 Å². The second kappa shape index (κ2) is 30.1. The molecule has 0 aromatic rings. The minimum atomic E-state index is -0.477. The minimum absolute atomic E-state index is 0. The molecule has 5 saturated heterocycles. The van der Waals surface area contributed by atoms with Crippen molar-refractivity contribution in [2.75, 3.05) is 6.54 Å². The van der Waals surface area contributed by atoms with Gasteiger partial charge in [-0.05, 0) is 106 Å². The Labute approximate surface area is 458 Å². The molecule has 7 aliphatic rings. The van der Waals surface area contributed by atoms with Gasteiger partial charge in [0.25, 0.3) is 0 Å². The van der Waals surface area contributed by atoms with E-state index >= 15 is 0 Å². The number of halogens is 3. The number of carbonyl (C=O) groups excluding carboxylic acids is 5. The number of carbonyl (C=O) groups is 5. The average Bonchev–Trinajstić information content (AvgIpc) is 3.70. The third-order valence-electron chi connectivity index (χ3n) is 16.0. The summed E-state index contributed by atoms with van der Waals surface area (Å²) in [7, 11) is 0. The normalized spacial score (nSPS) is 30.2. The van der Waals surface area contributed by atoms with Crippen LogP contribution < -0.4 is 18.6 Å². The summed E-state index contributed by atoms with van der Waals surface area (Å²) in [6.07, 6.45) is 4.57. The fraction of sp³-hybridized carbons (Fsp3) is 0.792. The van der Waals surface area contributed by atoms with E-state index < -0.39 is 6.10 Å². The van der Waals surface area contributed by atoms with Crippen LogP contribution in [-0.4, -0.2) is 95.8 Å². The molecule has 15 atom stereocenters. The van der Waals surface area contributed by atoms with Crippen LogP contribution >= 0.6 is 60.8 Å². The number of thioether (sulfide) groups is 2. The molecule has 7 heterocycles. The van der Waals surface area contributed by atoms with E-state index in [-0.39, 0.29) is 48.3 Å². The van der Waals surface area contributed by atoms with Crippen molar-refractivity contribution in [3.8, 4) is 0 Å². The van der Waals surface area contributed by atoms with E-state index in [4.69, 9.17) is 0 Å². The first-order valence-electron chi connectivity index (χ1n) is 25.2. The molecule has 0 saturated carbocycles. The predicted molar refractivity (Wildman–Crippen MR) is 304 cm³/mol. The maximum absolute atomic E-state index is 12.0. The van der Waals surface area contributed by atoms with Crippen LogP contribution in [0.4, 0.5) is 0 Å². The van der Waals surface area contributed by atoms with Gasteiger partial charge in [-0.1, -0.05) is 101 Å². The number of likely N-dealkylation sites (tertiary alicyclic amines) is 2. The SMILES string of the molecule is C.CC[C@H](C)[C@@H]1C(=O)N(C(C)=C(C)C)[C@H]1C.CC[C@H](C)[C@@H]1C(=O)N(CC)[C@H]1C.CC[C@H](C)[C@@H]1C(=O)N2C(C)=C(C)S[C@H]12.CC[C@H](C)[C@@H]1C(=O)N[C@H]1C.CC[C@H](O)[C@@H]1C(=O)N2C(C)=C(C)S[C@H]12.I[I-]I. The summed E-state index contributed by atoms with van der Waals surface area (Å²) in [5, 5.41) is 13.1. The molecule has 2 N–H and O–H groups in total. The van der Waals surface area contributed by atoms with Crippen LogP contribution in [0.5, 0.6) is 0 Å². The van der Waals surface area contributed by atoms with Gasteiger partial charge in [0.15, 0.2) is 0 Å². The first-order valence-corrected chi connectivity index (χ1v) is 39.6. The van der Waals surface area contributed by atoms with Gasteiger partial charge in [-0.15, -0.1) is 23.5 Å². The molecule has 0 aromatic heterocycles. The Morgan fingerprint density at radius 3 is 1.30 bits per heavy atom. The number of aliphatic hydroxyl groups excluding tert-OH is 1. The summed E-state index contributed by atoms with van der Waals surface area (Å²) in [6.45, 7) is 42.8. The standard InChI is InChI=1S/C13H23NO.C11H17NOS.C10H15NO2S.C10H19NO.C8H15NO.CH4.I3/c1-7-9(4)12-11(6)14(13(12)15)10(5)8(2)3;1-5-6(2)9-10(13)12-7(3)8(4)14-11(9)12;1-4-7(12)8-9(13)11-5(2)6(3)14-10(8)11;1-5-7(3)9-8(4)11(6-2)10(9)12;1-4-5(2)7-6(3)9-8(7)10;;1-3-2/h9,11-12H,7H2,1-6H3;6,9,11H,5H2,1-4H3;7-8,10,12H,4H2,1-3H3;7-9H,5-6H2,1-4H3;5-7H,4H2,1-3H3,(H,9,10);1H4;/q;;;;;;-1/t9-,11-,12-;6-,9+,11+;7-,8+,10+;7-,8-,9-;5-,6-,7-;;/m00000../s1. The summed E-state index contributed by atoms with van der Waals surface area (Å²) in [5.41, 5.74) is 4.60. The van der Waals surface area contributed by atoms with Crippen molar-refractivity contribution in [2.24, 2.45) is 53.3 Å². The number of fused-ring (bicyclic) bond motifs is 2. The Hall–Kier alpha value is -0.580. The van der Waals surface area contributed by atoms with Crippen molar-refractivity contribution in [3.05, 3.63) is 32.5 Å². The molecule has 16 heteroatoms. The summed E-state index contributed by atoms with van der Waals surface area (Å²) in [5.74, 6) is 4.37. The van der Waals surface area contributed by atoms with Crippen LogP contribution in [0.1, 0.15) is 178 Å². The molecule has 7 rings (SSSR count). The van der Waals surface area contributed by atoms with E-state index in [2.05, 4.69) is 139 Å². The summed E-state index contributed by atoms with van der Waals surface area (Å²) in [6, 6.07) is 1.25. The van der Waals surface area contributed by atoms with E-state index in [1.807, 2.05) is 72.9 Å². The zero-order valence-electron chi connectivity index (χ0n) is 45.1. The van der Waals surface area contributed by atoms with E-state index in [0.29, 0.717) is 90.5 Å². The number of aliphatic hydroxyl groups is 1. The molecule has 7 aliphatic heterocycles. The van der Waals surface area contributed by atoms with Crippen LogP contribution in [0.25, 0.3) is 0 Å². The van der Waals surface area contributed by atoms with Crippen LogP contribution in [0.15, 0.2) is 32.5 Å². The van der Waals surface area contributed by atoms with Gasteiger partial charge in [-0.25, -0.2) is 0 Å². The summed E-state index contributed by atoms with van der Waals surface area (Å²) in [4.78, 5) is 68.3. The molecule has 400 valence electrons. The Balaban J connectivity index is 0.000000426. The number of β-lactam (4-membered cyclic amide) rings is 5. The molecule has 0 spiro atoms. The van der Waals surface area contributed by atoms with E-state index in [1.165, 1.54) is 21.1 Å². The number of nitrogens with zero attached hydrogens (tertiary/aromatic N) is 4. The van der Waals surface area contributed by atoms with Crippen LogP contribution in [0, 0.1) is 53.3 Å². The number of nitrogens with one attached hydrogen (secondary N) is 1. The van der Waals surface area contributed by atoms with Crippen LogP contribution in [-0.2, 0) is 24.0 Å². The monoisotopic (exact) mass is 1340 g/mol. The van der Waals surface area contributed by atoms with Gasteiger partial charge < -0.3 is 30.0 Å². The van der Waals surface area contributed by atoms with Gasteiger partial charge in [-0.2, -0.15) is 0 Å². The second-order valence-corrected chi connectivity index (χ2v) is 39.0. The van der Waals surface area contributed by atoms with Crippen molar-refractivity contribution in [1.82, 2.24) is 24.9 Å². The third-order valence-corrected chi connectivity index (χ3v) is 18.8. The molecule has 0 aromatic carbocycles. The molecule has 0 aliphatic carbocycles. The number of rotatable bonds is 12. The molecule has 5 amide bonds. The van der Waals surface area contributed by atoms with Gasteiger partial charge >= 0.3 is 50.5 Å². The maximum atomic E-state index is 12.0. The zero-order valence-corrected chi connectivity index (χ0v) is 53.2. The van der Waals surface area contributed by atoms with Gasteiger partial charge in [-0.3, -0.25) is 24.0 Å². The van der Waals surface area contributed by atoms with Crippen molar-refractivity contribution in [3.63, 3.8) is 0 Å². The molecule has 5 fully saturated rings. The molecule has 69 heavy (non-hydrogen) atoms. The van der Waals surface area contributed by atoms with Gasteiger partial charge in [0.1, 0.15) is 5.37 Å². The fourth-order valence-electron chi connectivity index (χ4n) is 10.2. The topological polar surface area (TPSA) is 131 Å². The number of hydrogen-bond donors (Lipinski definition) is 2. The number of hydrogen-bond acceptors (Lipinski definition) is 8. The van der Waals surface area contributed by atoms with Crippen molar-refractivity contribution < 1.29 is 42.3 Å². The van der Waals surface area contributed by atoms with Gasteiger partial charge in [0.05, 0.1) is 41.1 Å². The van der Waals surface area contributed by atoms with Crippen LogP contribution in [0.3, 0.4) is 0 Å². The number of allylic oxidation sites excluding steroid dienone is 6.